The van der Waals surface area contributed by atoms with Gasteiger partial charge in [0.1, 0.15) is 6.10 Å². The molecule has 0 aromatic carbocycles. The van der Waals surface area contributed by atoms with Gasteiger partial charge in [0, 0.05) is 25.7 Å². The van der Waals surface area contributed by atoms with E-state index >= 15 is 0 Å². The summed E-state index contributed by atoms with van der Waals surface area (Å²) in [4.78, 5) is 22.9. The van der Waals surface area contributed by atoms with Crippen LogP contribution in [0.5, 0.6) is 0 Å². The van der Waals surface area contributed by atoms with Crippen molar-refractivity contribution in [2.75, 3.05) is 0 Å². The van der Waals surface area contributed by atoms with E-state index in [-0.39, 0.29) is 25.4 Å². The number of carbonyl (C=O) groups excluding carboxylic acids is 2. The molecule has 2 unspecified atom stereocenters. The number of hydrogen-bond acceptors (Lipinski definition) is 4. The number of rotatable bonds is 9. The molecule has 0 aromatic heterocycles. The minimum Gasteiger partial charge on any atom is -0.461 e. The van der Waals surface area contributed by atoms with Gasteiger partial charge in [-0.05, 0) is 26.2 Å². The predicted octanol–water partition coefficient (Wildman–Crippen LogP) is 4.17. The van der Waals surface area contributed by atoms with Crippen LogP contribution in [0.2, 0.25) is 0 Å². The molecule has 0 aliphatic rings. The summed E-state index contributed by atoms with van der Waals surface area (Å²) in [5.74, 6) is 4.44. The lowest BCUT2D eigenvalue weighted by molar-refractivity contribution is -0.216. The lowest BCUT2D eigenvalue weighted by atomic mass is 10.2. The number of carbonyl (C=O) groups is 2. The summed E-state index contributed by atoms with van der Waals surface area (Å²) in [6.07, 6.45) is -4.43. The van der Waals surface area contributed by atoms with Gasteiger partial charge in [-0.3, -0.25) is 9.59 Å². The topological polar surface area (TPSA) is 52.6 Å². The van der Waals surface area contributed by atoms with Crippen molar-refractivity contribution in [2.24, 2.45) is 0 Å². The van der Waals surface area contributed by atoms with Gasteiger partial charge in [-0.2, -0.15) is 13.2 Å². The van der Waals surface area contributed by atoms with Gasteiger partial charge in [0.25, 0.3) is 0 Å². The van der Waals surface area contributed by atoms with E-state index in [2.05, 4.69) is 16.6 Å². The van der Waals surface area contributed by atoms with Crippen LogP contribution in [0.15, 0.2) is 0 Å². The van der Waals surface area contributed by atoms with E-state index < -0.39 is 24.2 Å². The monoisotopic (exact) mass is 350 g/mol. The molecule has 0 spiro atoms. The van der Waals surface area contributed by atoms with Crippen LogP contribution in [0.25, 0.3) is 0 Å². The van der Waals surface area contributed by atoms with Crippen molar-refractivity contribution in [1.82, 2.24) is 0 Å². The zero-order chi connectivity index (χ0) is 18.6. The van der Waals surface area contributed by atoms with Crippen molar-refractivity contribution < 1.29 is 32.2 Å². The van der Waals surface area contributed by atoms with Crippen LogP contribution in [0.1, 0.15) is 65.7 Å². The predicted molar refractivity (Wildman–Crippen MR) is 82.9 cm³/mol. The zero-order valence-corrected chi connectivity index (χ0v) is 14.4. The standard InChI is InChI=1S/C17H25F3O4/c1-4-6-7-8-10-14(5-2)24-16(22)12-9-11-15(21)23-13(3)17(18,19)20/h13-14H,4-6,9-12H2,1-3H3. The molecule has 2 atom stereocenters. The maximum absolute atomic E-state index is 12.2. The molecule has 0 saturated heterocycles. The number of unbranched alkanes of at least 4 members (excludes halogenated alkanes) is 1. The van der Waals surface area contributed by atoms with Gasteiger partial charge in [0.15, 0.2) is 6.10 Å². The molecule has 0 fully saturated rings. The minimum atomic E-state index is -4.58. The molecule has 24 heavy (non-hydrogen) atoms. The summed E-state index contributed by atoms with van der Waals surface area (Å²) in [6, 6.07) is 0. The SMILES string of the molecule is CCCC#CCC(CC)OC(=O)CCCC(=O)OC(C)C(F)(F)F. The number of alkyl halides is 3. The van der Waals surface area contributed by atoms with Gasteiger partial charge in [0.2, 0.25) is 0 Å². The second-order valence-electron chi connectivity index (χ2n) is 5.36. The van der Waals surface area contributed by atoms with Crippen molar-refractivity contribution in [3.05, 3.63) is 0 Å². The summed E-state index contributed by atoms with van der Waals surface area (Å²) in [5.41, 5.74) is 0. The highest BCUT2D eigenvalue weighted by Crippen LogP contribution is 2.22. The van der Waals surface area contributed by atoms with Gasteiger partial charge < -0.3 is 9.47 Å². The molecule has 4 nitrogen and oxygen atoms in total. The number of ether oxygens (including phenoxy) is 2. The Morgan fingerprint density at radius 3 is 2.12 bits per heavy atom. The summed E-state index contributed by atoms with van der Waals surface area (Å²) in [5, 5.41) is 0. The Bertz CT molecular complexity index is 449. The third kappa shape index (κ3) is 10.9. The first-order chi connectivity index (χ1) is 11.2. The fourth-order valence-corrected chi connectivity index (χ4v) is 1.61. The van der Waals surface area contributed by atoms with E-state index in [1.54, 1.807) is 0 Å². The molecular formula is C17H25F3O4. The average Bonchev–Trinajstić information content (AvgIpc) is 2.49. The molecule has 0 bridgehead atoms. The Balaban J connectivity index is 4.04. The highest BCUT2D eigenvalue weighted by Gasteiger charge is 2.38. The van der Waals surface area contributed by atoms with Gasteiger partial charge >= 0.3 is 18.1 Å². The lowest BCUT2D eigenvalue weighted by Gasteiger charge is -2.16. The van der Waals surface area contributed by atoms with Gasteiger partial charge in [-0.1, -0.05) is 19.8 Å². The Hall–Kier alpha value is -1.71. The van der Waals surface area contributed by atoms with E-state index in [1.807, 2.05) is 13.8 Å². The van der Waals surface area contributed by atoms with Crippen molar-refractivity contribution in [3.8, 4) is 11.8 Å². The highest BCUT2D eigenvalue weighted by atomic mass is 19.4. The molecule has 7 heteroatoms. The van der Waals surface area contributed by atoms with E-state index in [1.165, 1.54) is 0 Å². The van der Waals surface area contributed by atoms with E-state index in [4.69, 9.17) is 4.74 Å². The van der Waals surface area contributed by atoms with Crippen LogP contribution in [-0.2, 0) is 19.1 Å². The summed E-state index contributed by atoms with van der Waals surface area (Å²) in [7, 11) is 0. The first kappa shape index (κ1) is 22.3. The summed E-state index contributed by atoms with van der Waals surface area (Å²) >= 11 is 0. The Labute approximate surface area is 141 Å². The molecule has 0 aliphatic carbocycles. The van der Waals surface area contributed by atoms with Gasteiger partial charge in [0.05, 0.1) is 0 Å². The summed E-state index contributed by atoms with van der Waals surface area (Å²) in [6.45, 7) is 4.65. The van der Waals surface area contributed by atoms with Crippen molar-refractivity contribution in [3.63, 3.8) is 0 Å². The first-order valence-corrected chi connectivity index (χ1v) is 8.12. The number of esters is 2. The minimum absolute atomic E-state index is 0.0472. The molecule has 0 aliphatic heterocycles. The van der Waals surface area contributed by atoms with Crippen molar-refractivity contribution >= 4 is 11.9 Å². The molecule has 0 radical (unpaired) electrons. The second-order valence-corrected chi connectivity index (χ2v) is 5.36. The third-order valence-corrected chi connectivity index (χ3v) is 3.11. The maximum atomic E-state index is 12.2. The van der Waals surface area contributed by atoms with Crippen LogP contribution >= 0.6 is 0 Å². The highest BCUT2D eigenvalue weighted by molar-refractivity contribution is 5.72. The van der Waals surface area contributed by atoms with E-state index in [9.17, 15) is 22.8 Å². The Morgan fingerprint density at radius 1 is 1.04 bits per heavy atom. The van der Waals surface area contributed by atoms with Gasteiger partial charge in [-0.25, -0.2) is 0 Å². The largest absolute Gasteiger partial charge is 0.461 e. The molecule has 0 aromatic rings. The van der Waals surface area contributed by atoms with Crippen LogP contribution < -0.4 is 0 Å². The van der Waals surface area contributed by atoms with Gasteiger partial charge in [-0.15, -0.1) is 5.92 Å². The molecular weight excluding hydrogens is 325 g/mol. The van der Waals surface area contributed by atoms with Crippen molar-refractivity contribution in [2.45, 2.75) is 84.1 Å². The van der Waals surface area contributed by atoms with Crippen LogP contribution in [0, 0.1) is 11.8 Å². The quantitative estimate of drug-likeness (QED) is 0.463. The average molecular weight is 350 g/mol. The molecule has 0 saturated carbocycles. The molecule has 0 N–H and O–H groups in total. The smallest absolute Gasteiger partial charge is 0.425 e. The molecule has 138 valence electrons. The number of hydrogen-bond donors (Lipinski definition) is 0. The zero-order valence-electron chi connectivity index (χ0n) is 14.4. The summed E-state index contributed by atoms with van der Waals surface area (Å²) < 4.78 is 46.2. The first-order valence-electron chi connectivity index (χ1n) is 8.12. The normalized spacial score (nSPS) is 13.4. The van der Waals surface area contributed by atoms with E-state index in [0.717, 1.165) is 19.8 Å². The third-order valence-electron chi connectivity index (χ3n) is 3.11. The molecule has 0 heterocycles. The maximum Gasteiger partial charge on any atom is 0.425 e. The fraction of sp³-hybridized carbons (Fsp3) is 0.765. The second kappa shape index (κ2) is 11.8. The Morgan fingerprint density at radius 2 is 1.62 bits per heavy atom. The van der Waals surface area contributed by atoms with Crippen LogP contribution in [0.3, 0.4) is 0 Å². The molecule has 0 amide bonds. The molecule has 0 rings (SSSR count). The Kier molecular flexibility index (Phi) is 10.9. The van der Waals surface area contributed by atoms with E-state index in [0.29, 0.717) is 12.8 Å². The van der Waals surface area contributed by atoms with Crippen molar-refractivity contribution in [1.29, 1.82) is 0 Å². The van der Waals surface area contributed by atoms with Crippen LogP contribution in [-0.4, -0.2) is 30.3 Å². The van der Waals surface area contributed by atoms with Crippen LogP contribution in [0.4, 0.5) is 13.2 Å². The fourth-order valence-electron chi connectivity index (χ4n) is 1.61. The number of halogens is 3. The lowest BCUT2D eigenvalue weighted by Crippen LogP contribution is -2.30.